The number of rotatable bonds is 7. The van der Waals surface area contributed by atoms with E-state index in [2.05, 4.69) is 4.99 Å². The number of nitro benzene ring substituents is 3. The van der Waals surface area contributed by atoms with Crippen LogP contribution in [0, 0.1) is 37.3 Å². The third-order valence-electron chi connectivity index (χ3n) is 5.00. The highest BCUT2D eigenvalue weighted by atomic mass is 16.6. The normalized spacial score (nSPS) is 13.8. The first-order chi connectivity index (χ1) is 17.1. The second kappa shape index (κ2) is 9.42. The van der Waals surface area contributed by atoms with Gasteiger partial charge in [-0.15, -0.1) is 0 Å². The van der Waals surface area contributed by atoms with Crippen molar-refractivity contribution in [3.63, 3.8) is 0 Å². The molecule has 3 aromatic rings. The Hall–Kier alpha value is -5.46. The van der Waals surface area contributed by atoms with Crippen LogP contribution in [-0.4, -0.2) is 26.6 Å². The van der Waals surface area contributed by atoms with Gasteiger partial charge in [0.25, 0.3) is 11.4 Å². The number of hydrogen-bond acceptors (Lipinski definition) is 10. The van der Waals surface area contributed by atoms with E-state index < -0.39 is 32.1 Å². The molecule has 0 saturated heterocycles. The molecule has 0 bridgehead atoms. The van der Waals surface area contributed by atoms with Crippen molar-refractivity contribution in [1.82, 2.24) is 0 Å². The zero-order valence-electron chi connectivity index (χ0n) is 18.3. The molecular weight excluding hydrogens is 476 g/mol. The van der Waals surface area contributed by atoms with Gasteiger partial charge in [-0.2, -0.15) is 0 Å². The van der Waals surface area contributed by atoms with E-state index in [1.54, 1.807) is 19.1 Å². The second-order valence-electron chi connectivity index (χ2n) is 7.44. The Morgan fingerprint density at radius 1 is 0.889 bits per heavy atom. The SMILES string of the molecule is Cc1cc(C2=N/C(=C\c3cccc(Oc4ccc([N+](=O)[O-])cc4[N+](=O)[O-])c3)C(=O)O2)ccc1[N+](=O)[O-]. The third-order valence-corrected chi connectivity index (χ3v) is 5.00. The average Bonchev–Trinajstić information content (AvgIpc) is 3.19. The van der Waals surface area contributed by atoms with Gasteiger partial charge in [-0.3, -0.25) is 30.3 Å². The molecule has 4 rings (SSSR count). The lowest BCUT2D eigenvalue weighted by Gasteiger charge is -2.07. The number of nitro groups is 3. The molecule has 180 valence electrons. The van der Waals surface area contributed by atoms with E-state index in [0.29, 0.717) is 16.7 Å². The lowest BCUT2D eigenvalue weighted by Crippen LogP contribution is -2.06. The number of hydrogen-bond donors (Lipinski definition) is 0. The van der Waals surface area contributed by atoms with Crippen molar-refractivity contribution in [3.05, 3.63) is 113 Å². The summed E-state index contributed by atoms with van der Waals surface area (Å²) in [5.74, 6) is -0.788. The van der Waals surface area contributed by atoms with E-state index in [1.807, 2.05) is 0 Å². The fourth-order valence-electron chi connectivity index (χ4n) is 3.33. The number of ether oxygens (including phenoxy) is 2. The molecule has 0 unspecified atom stereocenters. The molecule has 0 aliphatic carbocycles. The third kappa shape index (κ3) is 4.89. The van der Waals surface area contributed by atoms with Crippen molar-refractivity contribution >= 4 is 35.0 Å². The molecule has 13 heteroatoms. The molecular formula is C23H14N4O9. The number of cyclic esters (lactones) is 1. The van der Waals surface area contributed by atoms with Gasteiger partial charge in [0.2, 0.25) is 11.6 Å². The van der Waals surface area contributed by atoms with E-state index in [-0.39, 0.29) is 28.8 Å². The summed E-state index contributed by atoms with van der Waals surface area (Å²) in [6, 6.07) is 13.4. The molecule has 0 saturated carbocycles. The minimum atomic E-state index is -0.793. The summed E-state index contributed by atoms with van der Waals surface area (Å²) in [6.45, 7) is 1.55. The lowest BCUT2D eigenvalue weighted by atomic mass is 10.1. The van der Waals surface area contributed by atoms with Crippen LogP contribution in [0.4, 0.5) is 17.1 Å². The minimum absolute atomic E-state index is 0.0156. The highest BCUT2D eigenvalue weighted by molar-refractivity contribution is 6.13. The predicted molar refractivity (Wildman–Crippen MR) is 125 cm³/mol. The molecule has 1 aliphatic heterocycles. The number of benzene rings is 3. The highest BCUT2D eigenvalue weighted by Gasteiger charge is 2.26. The van der Waals surface area contributed by atoms with E-state index in [9.17, 15) is 35.1 Å². The molecule has 3 aromatic carbocycles. The Morgan fingerprint density at radius 2 is 1.64 bits per heavy atom. The van der Waals surface area contributed by atoms with Gasteiger partial charge in [0, 0.05) is 23.3 Å². The van der Waals surface area contributed by atoms with Crippen LogP contribution in [0.3, 0.4) is 0 Å². The van der Waals surface area contributed by atoms with E-state index in [4.69, 9.17) is 9.47 Å². The second-order valence-corrected chi connectivity index (χ2v) is 7.44. The molecule has 36 heavy (non-hydrogen) atoms. The number of carbonyl (C=O) groups excluding carboxylic acids is 1. The van der Waals surface area contributed by atoms with E-state index in [1.165, 1.54) is 36.4 Å². The van der Waals surface area contributed by atoms with Crippen molar-refractivity contribution in [1.29, 1.82) is 0 Å². The fourth-order valence-corrected chi connectivity index (χ4v) is 3.33. The summed E-state index contributed by atoms with van der Waals surface area (Å²) in [4.78, 5) is 47.7. The van der Waals surface area contributed by atoms with Crippen LogP contribution < -0.4 is 4.74 Å². The van der Waals surface area contributed by atoms with E-state index in [0.717, 1.165) is 18.2 Å². The molecule has 1 aliphatic rings. The van der Waals surface area contributed by atoms with Crippen molar-refractivity contribution in [2.24, 2.45) is 4.99 Å². The maximum Gasteiger partial charge on any atom is 0.363 e. The first kappa shape index (κ1) is 23.7. The van der Waals surface area contributed by atoms with Crippen LogP contribution in [0.15, 0.2) is 71.4 Å². The molecule has 13 nitrogen and oxygen atoms in total. The predicted octanol–water partition coefficient (Wildman–Crippen LogP) is 4.86. The molecule has 0 aromatic heterocycles. The van der Waals surface area contributed by atoms with Gasteiger partial charge in [-0.05, 0) is 48.9 Å². The Morgan fingerprint density at radius 3 is 2.31 bits per heavy atom. The Bertz CT molecular complexity index is 1510. The van der Waals surface area contributed by atoms with Crippen LogP contribution in [0.1, 0.15) is 16.7 Å². The van der Waals surface area contributed by atoms with Crippen molar-refractivity contribution in [2.75, 3.05) is 0 Å². The van der Waals surface area contributed by atoms with Gasteiger partial charge in [0.15, 0.2) is 5.70 Å². The Balaban J connectivity index is 1.61. The van der Waals surface area contributed by atoms with Crippen molar-refractivity contribution < 1.29 is 29.0 Å². The largest absolute Gasteiger partial charge is 0.450 e. The minimum Gasteiger partial charge on any atom is -0.450 e. The van der Waals surface area contributed by atoms with Crippen molar-refractivity contribution in [2.45, 2.75) is 6.92 Å². The number of nitrogens with zero attached hydrogens (tertiary/aromatic N) is 4. The van der Waals surface area contributed by atoms with Gasteiger partial charge in [-0.1, -0.05) is 12.1 Å². The quantitative estimate of drug-likeness (QED) is 0.194. The highest BCUT2D eigenvalue weighted by Crippen LogP contribution is 2.35. The number of carbonyl (C=O) groups is 1. The van der Waals surface area contributed by atoms with Crippen LogP contribution >= 0.6 is 0 Å². The summed E-state index contributed by atoms with van der Waals surface area (Å²) in [6.07, 6.45) is 1.41. The van der Waals surface area contributed by atoms with E-state index >= 15 is 0 Å². The van der Waals surface area contributed by atoms with Crippen LogP contribution in [0.25, 0.3) is 6.08 Å². The number of aryl methyl sites for hydroxylation is 1. The smallest absolute Gasteiger partial charge is 0.363 e. The van der Waals surface area contributed by atoms with Crippen LogP contribution in [0.2, 0.25) is 0 Å². The zero-order chi connectivity index (χ0) is 26.0. The summed E-state index contributed by atoms with van der Waals surface area (Å²) in [7, 11) is 0. The molecule has 1 heterocycles. The lowest BCUT2D eigenvalue weighted by molar-refractivity contribution is -0.394. The number of non-ortho nitro benzene ring substituents is 1. The van der Waals surface area contributed by atoms with Gasteiger partial charge in [0.05, 0.1) is 20.8 Å². The van der Waals surface area contributed by atoms with Gasteiger partial charge >= 0.3 is 11.7 Å². The van der Waals surface area contributed by atoms with Gasteiger partial charge in [-0.25, -0.2) is 9.79 Å². The maximum absolute atomic E-state index is 12.3. The average molecular weight is 490 g/mol. The number of esters is 1. The summed E-state index contributed by atoms with van der Waals surface area (Å²) < 4.78 is 10.8. The fraction of sp³-hybridized carbons (Fsp3) is 0.0435. The number of aliphatic imine (C=N–C) groups is 1. The zero-order valence-corrected chi connectivity index (χ0v) is 18.3. The summed E-state index contributed by atoms with van der Waals surface area (Å²) in [5.41, 5.74) is 0.0540. The Kier molecular flexibility index (Phi) is 6.20. The van der Waals surface area contributed by atoms with Crippen molar-refractivity contribution in [3.8, 4) is 11.5 Å². The molecule has 0 atom stereocenters. The van der Waals surface area contributed by atoms with Crippen LogP contribution in [-0.2, 0) is 9.53 Å². The molecule has 0 N–H and O–H groups in total. The topological polar surface area (TPSA) is 177 Å². The molecule has 0 amide bonds. The van der Waals surface area contributed by atoms with Gasteiger partial charge in [0.1, 0.15) is 5.75 Å². The summed E-state index contributed by atoms with van der Waals surface area (Å²) in [5, 5.41) is 33.3. The monoisotopic (exact) mass is 490 g/mol. The van der Waals surface area contributed by atoms with Gasteiger partial charge < -0.3 is 9.47 Å². The first-order valence-electron chi connectivity index (χ1n) is 10.1. The first-order valence-corrected chi connectivity index (χ1v) is 10.1. The standard InChI is InChI=1S/C23H14N4O9/c1-13-9-15(5-7-19(13)26(31)32)22-24-18(23(28)36-22)11-14-3-2-4-17(10-14)35-21-8-6-16(25(29)30)12-20(21)27(33)34/h2-12H,1H3/b18-11-. The Labute approximate surface area is 201 Å². The molecule has 0 spiro atoms. The molecule has 0 radical (unpaired) electrons. The van der Waals surface area contributed by atoms with Crippen LogP contribution in [0.5, 0.6) is 11.5 Å². The maximum atomic E-state index is 12.3. The summed E-state index contributed by atoms with van der Waals surface area (Å²) >= 11 is 0. The molecule has 0 fully saturated rings.